The van der Waals surface area contributed by atoms with E-state index in [1.807, 2.05) is 0 Å². The first-order valence-electron chi connectivity index (χ1n) is 5.68. The number of aliphatic hydroxyl groups excluding tert-OH is 1. The summed E-state index contributed by atoms with van der Waals surface area (Å²) in [4.78, 5) is 0. The van der Waals surface area contributed by atoms with Gasteiger partial charge in [0.05, 0.1) is 22.8 Å². The Balaban J connectivity index is 2.25. The minimum absolute atomic E-state index is 0.230. The number of para-hydroxylation sites is 1. The van der Waals surface area contributed by atoms with E-state index < -0.39 is 11.9 Å². The van der Waals surface area contributed by atoms with Crippen LogP contribution in [0.25, 0.3) is 0 Å². The molecule has 1 unspecified atom stereocenters. The van der Waals surface area contributed by atoms with Crippen molar-refractivity contribution in [2.24, 2.45) is 0 Å². The molecular formula is C14H12BrF2NO. The van der Waals surface area contributed by atoms with Crippen molar-refractivity contribution in [2.75, 3.05) is 11.9 Å². The van der Waals surface area contributed by atoms with Crippen LogP contribution in [0.5, 0.6) is 0 Å². The van der Waals surface area contributed by atoms with Crippen molar-refractivity contribution in [3.63, 3.8) is 0 Å². The van der Waals surface area contributed by atoms with Gasteiger partial charge in [-0.15, -0.1) is 0 Å². The highest BCUT2D eigenvalue weighted by Crippen LogP contribution is 2.25. The van der Waals surface area contributed by atoms with Crippen LogP contribution >= 0.6 is 15.9 Å². The van der Waals surface area contributed by atoms with Gasteiger partial charge in [-0.1, -0.05) is 18.2 Å². The van der Waals surface area contributed by atoms with Crippen LogP contribution in [0.1, 0.15) is 11.6 Å². The second kappa shape index (κ2) is 6.12. The standard InChI is InChI=1S/C14H12BrF2NO/c15-10-7-9(5-6-11(10)16)14(8-19)18-13-4-2-1-3-12(13)17/h1-7,14,18-19H,8H2. The molecule has 0 amide bonds. The Bertz CT molecular complexity index is 577. The monoisotopic (exact) mass is 327 g/mol. The normalized spacial score (nSPS) is 12.2. The van der Waals surface area contributed by atoms with Gasteiger partial charge in [0.2, 0.25) is 0 Å². The summed E-state index contributed by atoms with van der Waals surface area (Å²) >= 11 is 3.08. The molecule has 0 saturated carbocycles. The summed E-state index contributed by atoms with van der Waals surface area (Å²) in [6.07, 6.45) is 0. The molecule has 0 bridgehead atoms. The molecule has 2 N–H and O–H groups in total. The molecule has 5 heteroatoms. The van der Waals surface area contributed by atoms with Crippen LogP contribution in [0, 0.1) is 11.6 Å². The summed E-state index contributed by atoms with van der Waals surface area (Å²) in [6.45, 7) is -0.230. The topological polar surface area (TPSA) is 32.3 Å². The van der Waals surface area contributed by atoms with Crippen molar-refractivity contribution < 1.29 is 13.9 Å². The molecule has 100 valence electrons. The number of hydrogen-bond donors (Lipinski definition) is 2. The first-order chi connectivity index (χ1) is 9.11. The predicted molar refractivity (Wildman–Crippen MR) is 73.9 cm³/mol. The number of hydrogen-bond acceptors (Lipinski definition) is 2. The fourth-order valence-corrected chi connectivity index (χ4v) is 2.13. The molecule has 2 aromatic carbocycles. The minimum atomic E-state index is -0.506. The van der Waals surface area contributed by atoms with Crippen LogP contribution in [-0.4, -0.2) is 11.7 Å². The molecule has 0 aliphatic carbocycles. The molecular weight excluding hydrogens is 316 g/mol. The van der Waals surface area contributed by atoms with Gasteiger partial charge in [0.25, 0.3) is 0 Å². The molecule has 0 saturated heterocycles. The highest BCUT2D eigenvalue weighted by Gasteiger charge is 2.13. The first kappa shape index (κ1) is 14.0. The van der Waals surface area contributed by atoms with Crippen LogP contribution < -0.4 is 5.32 Å². The van der Waals surface area contributed by atoms with Crippen molar-refractivity contribution in [2.45, 2.75) is 6.04 Å². The lowest BCUT2D eigenvalue weighted by Crippen LogP contribution is -2.15. The van der Waals surface area contributed by atoms with Gasteiger partial charge in [-0.2, -0.15) is 0 Å². The lowest BCUT2D eigenvalue weighted by atomic mass is 10.1. The average molecular weight is 328 g/mol. The molecule has 0 aliphatic rings. The maximum absolute atomic E-state index is 13.5. The van der Waals surface area contributed by atoms with E-state index in [4.69, 9.17) is 0 Å². The van der Waals surface area contributed by atoms with Gasteiger partial charge in [0, 0.05) is 0 Å². The van der Waals surface area contributed by atoms with Crippen molar-refractivity contribution in [3.05, 3.63) is 64.1 Å². The Kier molecular flexibility index (Phi) is 4.50. The summed E-state index contributed by atoms with van der Waals surface area (Å²) < 4.78 is 27.0. The largest absolute Gasteiger partial charge is 0.394 e. The van der Waals surface area contributed by atoms with E-state index in [1.54, 1.807) is 30.3 Å². The molecule has 0 fully saturated rings. The Hall–Kier alpha value is -1.46. The minimum Gasteiger partial charge on any atom is -0.394 e. The number of anilines is 1. The van der Waals surface area contributed by atoms with Gasteiger partial charge in [-0.25, -0.2) is 8.78 Å². The highest BCUT2D eigenvalue weighted by molar-refractivity contribution is 9.10. The third-order valence-electron chi connectivity index (χ3n) is 2.73. The Morgan fingerprint density at radius 2 is 1.84 bits per heavy atom. The number of benzene rings is 2. The molecule has 2 aromatic rings. The molecule has 2 rings (SSSR count). The van der Waals surface area contributed by atoms with Gasteiger partial charge in [-0.3, -0.25) is 0 Å². The van der Waals surface area contributed by atoms with E-state index in [9.17, 15) is 13.9 Å². The van der Waals surface area contributed by atoms with Crippen LogP contribution in [0.2, 0.25) is 0 Å². The van der Waals surface area contributed by atoms with E-state index in [-0.39, 0.29) is 12.4 Å². The van der Waals surface area contributed by atoms with Crippen LogP contribution in [0.15, 0.2) is 46.9 Å². The van der Waals surface area contributed by atoms with Crippen molar-refractivity contribution in [1.82, 2.24) is 0 Å². The number of aliphatic hydroxyl groups is 1. The highest BCUT2D eigenvalue weighted by atomic mass is 79.9. The van der Waals surface area contributed by atoms with Gasteiger partial charge < -0.3 is 10.4 Å². The van der Waals surface area contributed by atoms with Crippen molar-refractivity contribution in [3.8, 4) is 0 Å². The van der Waals surface area contributed by atoms with Crippen molar-refractivity contribution >= 4 is 21.6 Å². The summed E-state index contributed by atoms with van der Waals surface area (Å²) in [5, 5.41) is 12.3. The van der Waals surface area contributed by atoms with E-state index in [1.165, 1.54) is 12.1 Å². The molecule has 0 aromatic heterocycles. The first-order valence-corrected chi connectivity index (χ1v) is 6.48. The summed E-state index contributed by atoms with van der Waals surface area (Å²) in [5.74, 6) is -0.784. The molecule has 0 aliphatic heterocycles. The smallest absolute Gasteiger partial charge is 0.146 e. The lowest BCUT2D eigenvalue weighted by molar-refractivity contribution is 0.276. The molecule has 0 spiro atoms. The predicted octanol–water partition coefficient (Wildman–Crippen LogP) is 3.87. The maximum Gasteiger partial charge on any atom is 0.146 e. The summed E-state index contributed by atoms with van der Waals surface area (Å²) in [6, 6.07) is 10.1. The SMILES string of the molecule is OCC(Nc1ccccc1F)c1ccc(F)c(Br)c1. The maximum atomic E-state index is 13.5. The zero-order valence-electron chi connectivity index (χ0n) is 9.91. The number of rotatable bonds is 4. The zero-order chi connectivity index (χ0) is 13.8. The van der Waals surface area contributed by atoms with Crippen LogP contribution in [-0.2, 0) is 0 Å². The Morgan fingerprint density at radius 3 is 2.47 bits per heavy atom. The quantitative estimate of drug-likeness (QED) is 0.893. The molecule has 1 atom stereocenters. The van der Waals surface area contributed by atoms with E-state index >= 15 is 0 Å². The fourth-order valence-electron chi connectivity index (χ4n) is 1.73. The van der Waals surface area contributed by atoms with Gasteiger partial charge in [0.1, 0.15) is 11.6 Å². The summed E-state index contributed by atoms with van der Waals surface area (Å²) in [5.41, 5.74) is 0.959. The molecule has 2 nitrogen and oxygen atoms in total. The van der Waals surface area contributed by atoms with E-state index in [0.29, 0.717) is 15.7 Å². The lowest BCUT2D eigenvalue weighted by Gasteiger charge is -2.18. The summed E-state index contributed by atoms with van der Waals surface area (Å²) in [7, 11) is 0. The number of nitrogens with one attached hydrogen (secondary N) is 1. The Labute approximate surface area is 118 Å². The number of halogens is 3. The second-order valence-corrected chi connectivity index (χ2v) is 4.89. The average Bonchev–Trinajstić information content (AvgIpc) is 2.41. The van der Waals surface area contributed by atoms with E-state index in [2.05, 4.69) is 21.2 Å². The Morgan fingerprint density at radius 1 is 1.11 bits per heavy atom. The fraction of sp³-hybridized carbons (Fsp3) is 0.143. The van der Waals surface area contributed by atoms with E-state index in [0.717, 1.165) is 0 Å². The second-order valence-electron chi connectivity index (χ2n) is 4.03. The zero-order valence-corrected chi connectivity index (χ0v) is 11.5. The van der Waals surface area contributed by atoms with Gasteiger partial charge in [-0.05, 0) is 45.8 Å². The van der Waals surface area contributed by atoms with Crippen LogP contribution in [0.4, 0.5) is 14.5 Å². The molecule has 19 heavy (non-hydrogen) atoms. The molecule has 0 radical (unpaired) electrons. The third-order valence-corrected chi connectivity index (χ3v) is 3.34. The van der Waals surface area contributed by atoms with Crippen molar-refractivity contribution in [1.29, 1.82) is 0 Å². The third kappa shape index (κ3) is 3.30. The van der Waals surface area contributed by atoms with Gasteiger partial charge in [0.15, 0.2) is 0 Å². The van der Waals surface area contributed by atoms with Crippen LogP contribution in [0.3, 0.4) is 0 Å². The molecule has 0 heterocycles. The van der Waals surface area contributed by atoms with Gasteiger partial charge >= 0.3 is 0 Å².